The number of aromatic nitrogens is 3. The van der Waals surface area contributed by atoms with Crippen LogP contribution in [0.5, 0.6) is 0 Å². The van der Waals surface area contributed by atoms with Gasteiger partial charge in [0.05, 0.1) is 18.4 Å². The van der Waals surface area contributed by atoms with Gasteiger partial charge in [0.2, 0.25) is 0 Å². The Morgan fingerprint density at radius 3 is 2.68 bits per heavy atom. The van der Waals surface area contributed by atoms with Crippen molar-refractivity contribution in [3.63, 3.8) is 0 Å². The van der Waals surface area contributed by atoms with Crippen LogP contribution >= 0.6 is 11.6 Å². The Kier molecular flexibility index (Phi) is 4.93. The Labute approximate surface area is 185 Å². The Hall–Kier alpha value is -2.93. The van der Waals surface area contributed by atoms with Crippen molar-refractivity contribution < 1.29 is 14.3 Å². The molecule has 7 nitrogen and oxygen atoms in total. The van der Waals surface area contributed by atoms with Crippen LogP contribution < -0.4 is 0 Å². The highest BCUT2D eigenvalue weighted by Crippen LogP contribution is 2.46. The molecule has 1 amide bonds. The van der Waals surface area contributed by atoms with Gasteiger partial charge in [-0.15, -0.1) is 0 Å². The van der Waals surface area contributed by atoms with Gasteiger partial charge >= 0.3 is 5.97 Å². The predicted molar refractivity (Wildman–Crippen MR) is 116 cm³/mol. The van der Waals surface area contributed by atoms with Crippen LogP contribution in [0.1, 0.15) is 58.0 Å². The lowest BCUT2D eigenvalue weighted by molar-refractivity contribution is 0.0528. The molecular weight excluding hydrogens is 416 g/mol. The first-order valence-electron chi connectivity index (χ1n) is 10.6. The van der Waals surface area contributed by atoms with Gasteiger partial charge in [0.1, 0.15) is 10.7 Å². The minimum Gasteiger partial charge on any atom is -0.462 e. The van der Waals surface area contributed by atoms with E-state index in [0.29, 0.717) is 13.1 Å². The summed E-state index contributed by atoms with van der Waals surface area (Å²) in [5, 5.41) is 4.29. The number of piperidine rings is 1. The molecule has 0 atom stereocenters. The maximum Gasteiger partial charge on any atom is 0.343 e. The lowest BCUT2D eigenvalue weighted by Crippen LogP contribution is -2.44. The molecule has 3 heterocycles. The molecule has 1 fully saturated rings. The second-order valence-corrected chi connectivity index (χ2v) is 8.56. The van der Waals surface area contributed by atoms with Crippen molar-refractivity contribution >= 4 is 29.1 Å². The molecule has 0 bridgehead atoms. The standard InChI is InChI=1S/C23H23ClN4O3/c1-2-31-22(30)17-14-26-28-19(24)16(13-25-20(17)28)21(29)27-11-9-23(10-12-27)8-7-15-5-3-4-6-18(15)23/h3-6,13-14H,2,7-12H2,1H3. The molecule has 3 aromatic rings. The fourth-order valence-electron chi connectivity index (χ4n) is 4.99. The zero-order valence-electron chi connectivity index (χ0n) is 17.3. The van der Waals surface area contributed by atoms with Crippen molar-refractivity contribution in [1.29, 1.82) is 0 Å². The molecular formula is C23H23ClN4O3. The third kappa shape index (κ3) is 3.19. The van der Waals surface area contributed by atoms with Crippen molar-refractivity contribution in [1.82, 2.24) is 19.5 Å². The van der Waals surface area contributed by atoms with E-state index in [4.69, 9.17) is 16.3 Å². The van der Waals surface area contributed by atoms with Crippen molar-refractivity contribution in [2.75, 3.05) is 19.7 Å². The maximum atomic E-state index is 13.2. The van der Waals surface area contributed by atoms with Gasteiger partial charge in [-0.2, -0.15) is 5.10 Å². The molecule has 2 aliphatic rings. The highest BCUT2D eigenvalue weighted by Gasteiger charge is 2.42. The van der Waals surface area contributed by atoms with Gasteiger partial charge in [0, 0.05) is 19.3 Å². The van der Waals surface area contributed by atoms with E-state index < -0.39 is 5.97 Å². The first kappa shape index (κ1) is 20.0. The molecule has 1 aliphatic heterocycles. The lowest BCUT2D eigenvalue weighted by atomic mass is 9.74. The molecule has 2 aromatic heterocycles. The minimum atomic E-state index is -0.515. The van der Waals surface area contributed by atoms with Gasteiger partial charge in [-0.25, -0.2) is 14.3 Å². The van der Waals surface area contributed by atoms with E-state index in [-0.39, 0.29) is 39.9 Å². The van der Waals surface area contributed by atoms with Crippen LogP contribution in [0.3, 0.4) is 0 Å². The Morgan fingerprint density at radius 1 is 1.13 bits per heavy atom. The van der Waals surface area contributed by atoms with E-state index in [1.165, 1.54) is 28.0 Å². The molecule has 8 heteroatoms. The van der Waals surface area contributed by atoms with Crippen LogP contribution in [-0.2, 0) is 16.6 Å². The number of halogens is 1. The zero-order valence-corrected chi connectivity index (χ0v) is 18.1. The maximum absolute atomic E-state index is 13.2. The average Bonchev–Trinajstić information content (AvgIpc) is 3.38. The number of esters is 1. The normalized spacial score (nSPS) is 17.2. The third-order valence-electron chi connectivity index (χ3n) is 6.66. The average molecular weight is 439 g/mol. The molecule has 160 valence electrons. The van der Waals surface area contributed by atoms with E-state index in [0.717, 1.165) is 25.7 Å². The smallest absolute Gasteiger partial charge is 0.343 e. The number of benzene rings is 1. The van der Waals surface area contributed by atoms with Crippen LogP contribution in [0.25, 0.3) is 5.65 Å². The van der Waals surface area contributed by atoms with Crippen LogP contribution in [0.15, 0.2) is 36.7 Å². The van der Waals surface area contributed by atoms with Gasteiger partial charge in [-0.3, -0.25) is 4.79 Å². The second kappa shape index (κ2) is 7.64. The SMILES string of the molecule is CCOC(=O)c1cnn2c(Cl)c(C(=O)N3CCC4(CCc5ccccc54)CC3)cnc12. The zero-order chi connectivity index (χ0) is 21.6. The summed E-state index contributed by atoms with van der Waals surface area (Å²) in [6.07, 6.45) is 6.93. The molecule has 0 radical (unpaired) electrons. The number of rotatable bonds is 3. The molecule has 31 heavy (non-hydrogen) atoms. The summed E-state index contributed by atoms with van der Waals surface area (Å²) in [6, 6.07) is 8.67. The molecule has 1 saturated heterocycles. The topological polar surface area (TPSA) is 76.8 Å². The van der Waals surface area contributed by atoms with E-state index >= 15 is 0 Å². The van der Waals surface area contributed by atoms with E-state index in [2.05, 4.69) is 34.3 Å². The number of fused-ring (bicyclic) bond motifs is 3. The van der Waals surface area contributed by atoms with Crippen molar-refractivity contribution in [2.24, 2.45) is 0 Å². The Morgan fingerprint density at radius 2 is 1.90 bits per heavy atom. The minimum absolute atomic E-state index is 0.150. The number of aryl methyl sites for hydroxylation is 1. The number of hydrogen-bond donors (Lipinski definition) is 0. The summed E-state index contributed by atoms with van der Waals surface area (Å²) in [5.74, 6) is -0.674. The van der Waals surface area contributed by atoms with Crippen molar-refractivity contribution in [2.45, 2.75) is 38.0 Å². The monoisotopic (exact) mass is 438 g/mol. The first-order chi connectivity index (χ1) is 15.0. The van der Waals surface area contributed by atoms with Crippen LogP contribution in [-0.4, -0.2) is 51.1 Å². The molecule has 0 unspecified atom stereocenters. The largest absolute Gasteiger partial charge is 0.462 e. The summed E-state index contributed by atoms with van der Waals surface area (Å²) >= 11 is 6.50. The molecule has 5 rings (SSSR count). The Balaban J connectivity index is 1.37. The fraction of sp³-hybridized carbons (Fsp3) is 0.391. The number of nitrogens with zero attached hydrogens (tertiary/aromatic N) is 4. The van der Waals surface area contributed by atoms with E-state index in [1.807, 2.05) is 4.90 Å². The summed E-state index contributed by atoms with van der Waals surface area (Å²) in [7, 11) is 0. The highest BCUT2D eigenvalue weighted by atomic mass is 35.5. The van der Waals surface area contributed by atoms with Gasteiger partial charge in [0.15, 0.2) is 5.65 Å². The van der Waals surface area contributed by atoms with Gasteiger partial charge in [-0.1, -0.05) is 35.9 Å². The van der Waals surface area contributed by atoms with Crippen molar-refractivity contribution in [3.05, 3.63) is 64.1 Å². The number of carbonyl (C=O) groups excluding carboxylic acids is 2. The number of hydrogen-bond acceptors (Lipinski definition) is 5. The fourth-order valence-corrected chi connectivity index (χ4v) is 5.24. The summed E-state index contributed by atoms with van der Waals surface area (Å²) in [5.41, 5.74) is 3.86. The number of amides is 1. The second-order valence-electron chi connectivity index (χ2n) is 8.21. The lowest BCUT2D eigenvalue weighted by Gasteiger charge is -2.40. The summed E-state index contributed by atoms with van der Waals surface area (Å²) in [6.45, 7) is 3.33. The quantitative estimate of drug-likeness (QED) is 0.460. The van der Waals surface area contributed by atoms with E-state index in [1.54, 1.807) is 6.92 Å². The summed E-state index contributed by atoms with van der Waals surface area (Å²) < 4.78 is 6.35. The van der Waals surface area contributed by atoms with Gasteiger partial charge in [-0.05, 0) is 49.1 Å². The van der Waals surface area contributed by atoms with Gasteiger partial charge in [0.25, 0.3) is 5.91 Å². The number of carbonyl (C=O) groups is 2. The van der Waals surface area contributed by atoms with E-state index in [9.17, 15) is 9.59 Å². The van der Waals surface area contributed by atoms with Crippen LogP contribution in [0.4, 0.5) is 0 Å². The van der Waals surface area contributed by atoms with Gasteiger partial charge < -0.3 is 9.64 Å². The molecule has 1 aliphatic carbocycles. The Bertz CT molecular complexity index is 1180. The highest BCUT2D eigenvalue weighted by molar-refractivity contribution is 6.33. The van der Waals surface area contributed by atoms with Crippen LogP contribution in [0, 0.1) is 0 Å². The summed E-state index contributed by atoms with van der Waals surface area (Å²) in [4.78, 5) is 31.4. The first-order valence-corrected chi connectivity index (χ1v) is 11.0. The molecule has 1 spiro atoms. The molecule has 0 N–H and O–H groups in total. The molecule has 0 saturated carbocycles. The molecule has 1 aromatic carbocycles. The van der Waals surface area contributed by atoms with Crippen molar-refractivity contribution in [3.8, 4) is 0 Å². The third-order valence-corrected chi connectivity index (χ3v) is 7.03. The predicted octanol–water partition coefficient (Wildman–Crippen LogP) is 3.68. The number of likely N-dealkylation sites (tertiary alicyclic amines) is 1. The van der Waals surface area contributed by atoms with Crippen LogP contribution in [0.2, 0.25) is 5.15 Å². The number of ether oxygens (including phenoxy) is 1.